The van der Waals surface area contributed by atoms with E-state index in [4.69, 9.17) is 18.9 Å². The maximum absolute atomic E-state index is 13.5. The number of carbonyl (C=O) groups is 3. The van der Waals surface area contributed by atoms with Crippen LogP contribution in [0, 0.1) is 22.2 Å². The summed E-state index contributed by atoms with van der Waals surface area (Å²) in [6.45, 7) is 16.0. The van der Waals surface area contributed by atoms with E-state index in [1.165, 1.54) is 161 Å². The minimum absolute atomic E-state index is 0.0934. The molecule has 4 saturated carbocycles. The molecule has 0 radical (unpaired) electrons. The predicted octanol–water partition coefficient (Wildman–Crippen LogP) is 15.4. The molecule has 4 bridgehead atoms. The van der Waals surface area contributed by atoms with Crippen molar-refractivity contribution < 1.29 is 33.3 Å². The van der Waals surface area contributed by atoms with Crippen LogP contribution in [0.3, 0.4) is 0 Å². The molecule has 0 aromatic rings. The summed E-state index contributed by atoms with van der Waals surface area (Å²) in [5, 5.41) is 10.0. The SMILES string of the molecule is CCCCCCCCOC(CCC(=O)NCCC12CC3CC(CCNC(=O)CCCC)(C1)CC(CCNC(=O)CCC(OCCCCCCCC)OCCCCCCCC)(C3)C2)OCCCCCCCC. The number of unbranched alkanes of at least 4 members (excludes halogenated alkanes) is 21. The van der Waals surface area contributed by atoms with E-state index in [0.29, 0.717) is 77.5 Å². The highest BCUT2D eigenvalue weighted by atomic mass is 16.7. The molecule has 4 aliphatic rings. The summed E-state index contributed by atoms with van der Waals surface area (Å²) in [5.41, 5.74) is 0.521. The third-order valence-corrected chi connectivity index (χ3v) is 16.5. The first-order chi connectivity index (χ1) is 34.6. The molecule has 71 heavy (non-hydrogen) atoms. The largest absolute Gasteiger partial charge is 0.356 e. The van der Waals surface area contributed by atoms with Crippen molar-refractivity contribution in [1.82, 2.24) is 16.0 Å². The predicted molar refractivity (Wildman–Crippen MR) is 294 cm³/mol. The van der Waals surface area contributed by atoms with Crippen LogP contribution in [-0.4, -0.2) is 76.4 Å². The van der Waals surface area contributed by atoms with E-state index in [-0.39, 0.29) is 46.5 Å². The topological polar surface area (TPSA) is 124 Å². The van der Waals surface area contributed by atoms with Gasteiger partial charge in [0.25, 0.3) is 0 Å². The van der Waals surface area contributed by atoms with Crippen LogP contribution >= 0.6 is 0 Å². The molecule has 0 saturated heterocycles. The van der Waals surface area contributed by atoms with Crippen LogP contribution in [0.5, 0.6) is 0 Å². The zero-order chi connectivity index (χ0) is 51.1. The summed E-state index contributed by atoms with van der Waals surface area (Å²) in [7, 11) is 0. The summed E-state index contributed by atoms with van der Waals surface area (Å²) in [6.07, 6.45) is 43.4. The third kappa shape index (κ3) is 28.7. The van der Waals surface area contributed by atoms with Gasteiger partial charge in [0.2, 0.25) is 17.7 Å². The van der Waals surface area contributed by atoms with E-state index < -0.39 is 0 Å². The number of hydrogen-bond acceptors (Lipinski definition) is 7. The molecule has 10 nitrogen and oxygen atoms in total. The molecule has 0 heterocycles. The van der Waals surface area contributed by atoms with Crippen LogP contribution in [0.1, 0.15) is 291 Å². The standard InChI is InChI=1S/C61H115N3O7/c1-6-11-16-20-24-28-43-68-57(69-44-29-25-21-17-12-7-2)35-33-55(66)63-41-38-60-48-53-47-59(50-60,37-40-62-54(65)32-15-10-5)51-61(49-53,52-60)39-42-64-56(67)34-36-58(70-45-30-26-22-18-13-8-3)71-46-31-27-23-19-14-9-4/h53,57-58H,6-52H2,1-5H3,(H,62,65)(H,63,66)(H,64,67). The molecule has 4 fully saturated rings. The molecular weight excluding hydrogens is 887 g/mol. The second-order valence-corrected chi connectivity index (χ2v) is 23.4. The first kappa shape index (κ1) is 63.5. The van der Waals surface area contributed by atoms with Crippen molar-refractivity contribution in [2.75, 3.05) is 46.1 Å². The van der Waals surface area contributed by atoms with Gasteiger partial charge in [-0.3, -0.25) is 14.4 Å². The van der Waals surface area contributed by atoms with Gasteiger partial charge < -0.3 is 34.9 Å². The van der Waals surface area contributed by atoms with Gasteiger partial charge in [0, 0.05) is 78.2 Å². The fourth-order valence-electron chi connectivity index (χ4n) is 13.2. The lowest BCUT2D eigenvalue weighted by molar-refractivity contribution is -0.166. The second kappa shape index (κ2) is 39.6. The Bertz CT molecular complexity index is 1230. The van der Waals surface area contributed by atoms with Crippen LogP contribution in [0.25, 0.3) is 0 Å². The molecule has 4 aliphatic carbocycles. The summed E-state index contributed by atoms with van der Waals surface area (Å²) in [5.74, 6) is 1.01. The Morgan fingerprint density at radius 3 is 0.944 bits per heavy atom. The number of hydrogen-bond donors (Lipinski definition) is 3. The van der Waals surface area contributed by atoms with Gasteiger partial charge in [0.05, 0.1) is 0 Å². The van der Waals surface area contributed by atoms with Gasteiger partial charge in [-0.15, -0.1) is 0 Å². The van der Waals surface area contributed by atoms with Gasteiger partial charge in [0.15, 0.2) is 12.6 Å². The minimum Gasteiger partial charge on any atom is -0.356 e. The highest BCUT2D eigenvalue weighted by Gasteiger charge is 2.62. The Morgan fingerprint density at radius 2 is 0.648 bits per heavy atom. The molecule has 3 N–H and O–H groups in total. The van der Waals surface area contributed by atoms with Crippen LogP contribution in [0.2, 0.25) is 0 Å². The quantitative estimate of drug-likeness (QED) is 0.0409. The van der Waals surface area contributed by atoms with Gasteiger partial charge in [-0.25, -0.2) is 0 Å². The van der Waals surface area contributed by atoms with Crippen molar-refractivity contribution in [3.05, 3.63) is 0 Å². The molecule has 3 amide bonds. The smallest absolute Gasteiger partial charge is 0.220 e. The van der Waals surface area contributed by atoms with Gasteiger partial charge in [-0.1, -0.05) is 169 Å². The van der Waals surface area contributed by atoms with E-state index in [1.807, 2.05) is 0 Å². The summed E-state index contributed by atoms with van der Waals surface area (Å²) >= 11 is 0. The second-order valence-electron chi connectivity index (χ2n) is 23.4. The lowest BCUT2D eigenvalue weighted by Crippen LogP contribution is -2.58. The summed E-state index contributed by atoms with van der Waals surface area (Å²) in [4.78, 5) is 39.7. The Kier molecular flexibility index (Phi) is 35.5. The Labute approximate surface area is 437 Å². The molecule has 2 unspecified atom stereocenters. The van der Waals surface area contributed by atoms with Crippen LogP contribution in [-0.2, 0) is 33.3 Å². The summed E-state index contributed by atoms with van der Waals surface area (Å²) in [6, 6.07) is 0. The normalized spacial score (nSPS) is 21.4. The highest BCUT2D eigenvalue weighted by Crippen LogP contribution is 2.72. The van der Waals surface area contributed by atoms with E-state index in [9.17, 15) is 14.4 Å². The molecule has 4 rings (SSSR count). The molecule has 2 atom stereocenters. The van der Waals surface area contributed by atoms with Gasteiger partial charge in [-0.05, 0) is 112 Å². The number of nitrogens with one attached hydrogen (secondary N) is 3. The number of rotatable bonds is 50. The van der Waals surface area contributed by atoms with Crippen molar-refractivity contribution in [2.45, 2.75) is 304 Å². The summed E-state index contributed by atoms with van der Waals surface area (Å²) < 4.78 is 25.1. The van der Waals surface area contributed by atoms with E-state index in [0.717, 1.165) is 70.8 Å². The van der Waals surface area contributed by atoms with Crippen LogP contribution in [0.4, 0.5) is 0 Å². The Morgan fingerprint density at radius 1 is 0.380 bits per heavy atom. The van der Waals surface area contributed by atoms with Gasteiger partial charge in [0.1, 0.15) is 0 Å². The maximum atomic E-state index is 13.5. The van der Waals surface area contributed by atoms with Crippen molar-refractivity contribution in [1.29, 1.82) is 0 Å². The molecule has 0 aromatic carbocycles. The van der Waals surface area contributed by atoms with Gasteiger partial charge in [-0.2, -0.15) is 0 Å². The Hall–Kier alpha value is -1.75. The first-order valence-corrected chi connectivity index (χ1v) is 30.9. The van der Waals surface area contributed by atoms with E-state index >= 15 is 0 Å². The third-order valence-electron chi connectivity index (χ3n) is 16.5. The van der Waals surface area contributed by atoms with E-state index in [2.05, 4.69) is 50.6 Å². The number of amides is 3. The number of carbonyl (C=O) groups excluding carboxylic acids is 3. The van der Waals surface area contributed by atoms with Crippen molar-refractivity contribution in [3.63, 3.8) is 0 Å². The van der Waals surface area contributed by atoms with Crippen molar-refractivity contribution in [3.8, 4) is 0 Å². The van der Waals surface area contributed by atoms with E-state index in [1.54, 1.807) is 0 Å². The molecule has 0 aromatic heterocycles. The molecular formula is C61H115N3O7. The van der Waals surface area contributed by atoms with Crippen molar-refractivity contribution in [2.24, 2.45) is 22.2 Å². The minimum atomic E-state index is -0.328. The van der Waals surface area contributed by atoms with Crippen LogP contribution in [0.15, 0.2) is 0 Å². The fourth-order valence-corrected chi connectivity index (χ4v) is 13.2. The average Bonchev–Trinajstić information content (AvgIpc) is 3.34. The Balaban J connectivity index is 1.56. The zero-order valence-electron chi connectivity index (χ0n) is 47.3. The van der Waals surface area contributed by atoms with Crippen molar-refractivity contribution >= 4 is 17.7 Å². The lowest BCUT2D eigenvalue weighted by Gasteiger charge is -2.67. The fraction of sp³-hybridized carbons (Fsp3) is 0.951. The molecule has 10 heteroatoms. The molecule has 0 spiro atoms. The molecule has 0 aliphatic heterocycles. The maximum Gasteiger partial charge on any atom is 0.220 e. The molecule has 416 valence electrons. The van der Waals surface area contributed by atoms with Crippen LogP contribution < -0.4 is 16.0 Å². The highest BCUT2D eigenvalue weighted by molar-refractivity contribution is 5.76. The zero-order valence-corrected chi connectivity index (χ0v) is 47.3. The lowest BCUT2D eigenvalue weighted by atomic mass is 9.38. The number of ether oxygens (including phenoxy) is 4. The average molecular weight is 1000 g/mol. The monoisotopic (exact) mass is 1000 g/mol. The first-order valence-electron chi connectivity index (χ1n) is 30.9. The van der Waals surface area contributed by atoms with Gasteiger partial charge >= 0.3 is 0 Å².